The number of phenols is 1. The van der Waals surface area contributed by atoms with E-state index in [4.69, 9.17) is 14.2 Å². The van der Waals surface area contributed by atoms with E-state index >= 15 is 0 Å². The minimum atomic E-state index is -0.101. The molecule has 0 amide bonds. The van der Waals surface area contributed by atoms with E-state index in [0.29, 0.717) is 24.3 Å². The lowest BCUT2D eigenvalue weighted by atomic mass is 10.1. The number of methoxy groups -OCH3 is 2. The van der Waals surface area contributed by atoms with Gasteiger partial charge in [-0.25, -0.2) is 0 Å². The van der Waals surface area contributed by atoms with Crippen LogP contribution in [0.5, 0.6) is 17.2 Å². The van der Waals surface area contributed by atoms with E-state index in [1.165, 1.54) is 20.3 Å². The lowest BCUT2D eigenvalue weighted by molar-refractivity contribution is 0.104. The zero-order chi connectivity index (χ0) is 19.2. The molecule has 0 atom stereocenters. The molecule has 0 unspecified atom stereocenters. The summed E-state index contributed by atoms with van der Waals surface area (Å²) in [5.74, 6) is 0.407. The van der Waals surface area contributed by atoms with E-state index in [1.807, 2.05) is 18.2 Å². The van der Waals surface area contributed by atoms with Gasteiger partial charge in [-0.05, 0) is 35.9 Å². The number of morpholine rings is 1. The molecule has 2 aromatic carbocycles. The van der Waals surface area contributed by atoms with Crippen molar-refractivity contribution in [2.45, 2.75) is 0 Å². The normalized spacial score (nSPS) is 14.4. The first-order chi connectivity index (χ1) is 13.1. The monoisotopic (exact) mass is 369 g/mol. The zero-order valence-corrected chi connectivity index (χ0v) is 15.5. The van der Waals surface area contributed by atoms with Crippen molar-refractivity contribution < 1.29 is 24.1 Å². The highest BCUT2D eigenvalue weighted by Gasteiger charge is 2.13. The number of carbonyl (C=O) groups excluding carboxylic acids is 1. The third-order valence-corrected chi connectivity index (χ3v) is 4.44. The number of hydrogen-bond donors (Lipinski definition) is 1. The maximum absolute atomic E-state index is 12.6. The average molecular weight is 369 g/mol. The highest BCUT2D eigenvalue weighted by atomic mass is 16.5. The Bertz CT molecular complexity index is 815. The molecule has 6 heteroatoms. The van der Waals surface area contributed by atoms with Gasteiger partial charge in [-0.15, -0.1) is 0 Å². The third-order valence-electron chi connectivity index (χ3n) is 4.44. The SMILES string of the molecule is COc1cc(/C=C/C(=O)c2cccc(N3CCOCC3)c2)cc(OC)c1O. The molecule has 2 aromatic rings. The van der Waals surface area contributed by atoms with Crippen LogP contribution in [0.3, 0.4) is 0 Å². The fourth-order valence-corrected chi connectivity index (χ4v) is 2.96. The molecular weight excluding hydrogens is 346 g/mol. The average Bonchev–Trinajstić information content (AvgIpc) is 2.73. The maximum Gasteiger partial charge on any atom is 0.200 e. The molecule has 3 rings (SSSR count). The first kappa shape index (κ1) is 18.8. The maximum atomic E-state index is 12.6. The summed E-state index contributed by atoms with van der Waals surface area (Å²) in [6.45, 7) is 3.03. The second-order valence-corrected chi connectivity index (χ2v) is 6.12. The van der Waals surface area contributed by atoms with E-state index in [2.05, 4.69) is 4.90 Å². The summed E-state index contributed by atoms with van der Waals surface area (Å²) in [6.07, 6.45) is 3.18. The molecule has 27 heavy (non-hydrogen) atoms. The highest BCUT2D eigenvalue weighted by Crippen LogP contribution is 2.37. The number of ether oxygens (including phenoxy) is 3. The Kier molecular flexibility index (Phi) is 5.98. The number of ketones is 1. The van der Waals surface area contributed by atoms with Crippen LogP contribution in [0.4, 0.5) is 5.69 Å². The van der Waals surface area contributed by atoms with Crippen molar-refractivity contribution in [3.05, 3.63) is 53.6 Å². The first-order valence-corrected chi connectivity index (χ1v) is 8.72. The van der Waals surface area contributed by atoms with Crippen molar-refractivity contribution >= 4 is 17.5 Å². The minimum Gasteiger partial charge on any atom is -0.502 e. The van der Waals surface area contributed by atoms with Crippen LogP contribution in [0.25, 0.3) is 6.08 Å². The Morgan fingerprint density at radius 2 is 1.78 bits per heavy atom. The van der Waals surface area contributed by atoms with Crippen LogP contribution >= 0.6 is 0 Å². The van der Waals surface area contributed by atoms with Crippen LogP contribution in [0, 0.1) is 0 Å². The van der Waals surface area contributed by atoms with Gasteiger partial charge >= 0.3 is 0 Å². The molecule has 0 radical (unpaired) electrons. The fraction of sp³-hybridized carbons (Fsp3) is 0.286. The third kappa shape index (κ3) is 4.41. The molecule has 0 aliphatic carbocycles. The second kappa shape index (κ2) is 8.60. The Morgan fingerprint density at radius 3 is 2.41 bits per heavy atom. The quantitative estimate of drug-likeness (QED) is 0.623. The molecule has 142 valence electrons. The van der Waals surface area contributed by atoms with Gasteiger partial charge in [0.25, 0.3) is 0 Å². The number of phenolic OH excluding ortho intramolecular Hbond substituents is 1. The van der Waals surface area contributed by atoms with E-state index < -0.39 is 0 Å². The smallest absolute Gasteiger partial charge is 0.200 e. The Hall–Kier alpha value is -2.99. The molecule has 1 aliphatic heterocycles. The Morgan fingerprint density at radius 1 is 1.11 bits per heavy atom. The van der Waals surface area contributed by atoms with Crippen LogP contribution in [0.2, 0.25) is 0 Å². The summed E-state index contributed by atoms with van der Waals surface area (Å²) in [6, 6.07) is 10.9. The predicted octanol–water partition coefficient (Wildman–Crippen LogP) is 3.14. The Balaban J connectivity index is 1.79. The van der Waals surface area contributed by atoms with Crippen LogP contribution < -0.4 is 14.4 Å². The van der Waals surface area contributed by atoms with Crippen molar-refractivity contribution in [3.63, 3.8) is 0 Å². The van der Waals surface area contributed by atoms with Crippen molar-refractivity contribution in [3.8, 4) is 17.2 Å². The zero-order valence-electron chi connectivity index (χ0n) is 15.5. The standard InChI is InChI=1S/C21H23NO5/c1-25-19-12-15(13-20(26-2)21(19)24)6-7-18(23)16-4-3-5-17(14-16)22-8-10-27-11-9-22/h3-7,12-14,24H,8-11H2,1-2H3/b7-6+. The predicted molar refractivity (Wildman–Crippen MR) is 104 cm³/mol. The molecule has 1 saturated heterocycles. The van der Waals surface area contributed by atoms with Crippen molar-refractivity contribution in [2.75, 3.05) is 45.4 Å². The molecule has 0 bridgehead atoms. The molecule has 0 saturated carbocycles. The van der Waals surface area contributed by atoms with Gasteiger partial charge in [0.15, 0.2) is 17.3 Å². The summed E-state index contributed by atoms with van der Waals surface area (Å²) >= 11 is 0. The minimum absolute atomic E-state index is 0.0679. The van der Waals surface area contributed by atoms with Crippen LogP contribution in [0.1, 0.15) is 15.9 Å². The summed E-state index contributed by atoms with van der Waals surface area (Å²) in [4.78, 5) is 14.8. The number of nitrogens with zero attached hydrogens (tertiary/aromatic N) is 1. The van der Waals surface area contributed by atoms with Crippen LogP contribution in [0.15, 0.2) is 42.5 Å². The number of hydrogen-bond acceptors (Lipinski definition) is 6. The number of benzene rings is 2. The first-order valence-electron chi connectivity index (χ1n) is 8.72. The lowest BCUT2D eigenvalue weighted by Gasteiger charge is -2.29. The van der Waals surface area contributed by atoms with Gasteiger partial charge < -0.3 is 24.2 Å². The molecular formula is C21H23NO5. The summed E-state index contributed by atoms with van der Waals surface area (Å²) in [5.41, 5.74) is 2.33. The van der Waals surface area contributed by atoms with Crippen LogP contribution in [-0.2, 0) is 4.74 Å². The van der Waals surface area contributed by atoms with Gasteiger partial charge in [-0.3, -0.25) is 4.79 Å². The van der Waals surface area contributed by atoms with Gasteiger partial charge in [-0.2, -0.15) is 0 Å². The Labute approximate surface area is 158 Å². The number of anilines is 1. The van der Waals surface area contributed by atoms with Crippen molar-refractivity contribution in [2.24, 2.45) is 0 Å². The number of allylic oxidation sites excluding steroid dienone is 1. The van der Waals surface area contributed by atoms with Gasteiger partial charge in [-0.1, -0.05) is 18.2 Å². The summed E-state index contributed by atoms with van der Waals surface area (Å²) in [5, 5.41) is 9.97. The van der Waals surface area contributed by atoms with E-state index in [1.54, 1.807) is 24.3 Å². The number of aromatic hydroxyl groups is 1. The van der Waals surface area contributed by atoms with E-state index in [-0.39, 0.29) is 23.0 Å². The fourth-order valence-electron chi connectivity index (χ4n) is 2.96. The molecule has 1 N–H and O–H groups in total. The molecule has 0 spiro atoms. The number of rotatable bonds is 6. The lowest BCUT2D eigenvalue weighted by Crippen LogP contribution is -2.36. The molecule has 0 aromatic heterocycles. The molecule has 1 aliphatic rings. The van der Waals surface area contributed by atoms with Crippen LogP contribution in [-0.4, -0.2) is 51.4 Å². The van der Waals surface area contributed by atoms with Crippen molar-refractivity contribution in [1.82, 2.24) is 0 Å². The second-order valence-electron chi connectivity index (χ2n) is 6.12. The van der Waals surface area contributed by atoms with Gasteiger partial charge in [0.05, 0.1) is 27.4 Å². The molecule has 1 heterocycles. The topological polar surface area (TPSA) is 68.2 Å². The van der Waals surface area contributed by atoms with E-state index in [0.717, 1.165) is 18.8 Å². The van der Waals surface area contributed by atoms with Crippen molar-refractivity contribution in [1.29, 1.82) is 0 Å². The largest absolute Gasteiger partial charge is 0.502 e. The van der Waals surface area contributed by atoms with Gasteiger partial charge in [0.2, 0.25) is 5.75 Å². The molecule has 1 fully saturated rings. The number of carbonyl (C=O) groups is 1. The van der Waals surface area contributed by atoms with E-state index in [9.17, 15) is 9.90 Å². The molecule has 6 nitrogen and oxygen atoms in total. The summed E-state index contributed by atoms with van der Waals surface area (Å²) < 4.78 is 15.7. The van der Waals surface area contributed by atoms with Gasteiger partial charge in [0.1, 0.15) is 0 Å². The summed E-state index contributed by atoms with van der Waals surface area (Å²) in [7, 11) is 2.93. The van der Waals surface area contributed by atoms with Gasteiger partial charge in [0, 0.05) is 24.3 Å². The highest BCUT2D eigenvalue weighted by molar-refractivity contribution is 6.07.